The van der Waals surface area contributed by atoms with Crippen molar-refractivity contribution in [2.75, 3.05) is 44.2 Å². The quantitative estimate of drug-likeness (QED) is 0.844. The van der Waals surface area contributed by atoms with Gasteiger partial charge in [0.1, 0.15) is 5.69 Å². The number of amides is 1. The van der Waals surface area contributed by atoms with Crippen molar-refractivity contribution >= 4 is 11.9 Å². The summed E-state index contributed by atoms with van der Waals surface area (Å²) in [5.74, 6) is 0.711. The van der Waals surface area contributed by atoms with Crippen molar-refractivity contribution in [3.05, 3.63) is 53.9 Å². The van der Waals surface area contributed by atoms with Crippen LogP contribution in [0.3, 0.4) is 0 Å². The topological polar surface area (TPSA) is 52.6 Å². The van der Waals surface area contributed by atoms with E-state index in [2.05, 4.69) is 50.1 Å². The van der Waals surface area contributed by atoms with E-state index in [9.17, 15) is 4.79 Å². The molecule has 0 saturated carbocycles. The van der Waals surface area contributed by atoms with Crippen molar-refractivity contribution in [1.82, 2.24) is 19.8 Å². The van der Waals surface area contributed by atoms with Crippen molar-refractivity contribution in [1.29, 1.82) is 0 Å². The molecule has 1 aromatic carbocycles. The van der Waals surface area contributed by atoms with Gasteiger partial charge in [-0.15, -0.1) is 0 Å². The zero-order chi connectivity index (χ0) is 17.8. The lowest BCUT2D eigenvalue weighted by Gasteiger charge is -2.34. The van der Waals surface area contributed by atoms with Crippen LogP contribution >= 0.6 is 0 Å². The summed E-state index contributed by atoms with van der Waals surface area (Å²) >= 11 is 0. The molecule has 0 bridgehead atoms. The number of hydrogen-bond acceptors (Lipinski definition) is 5. The van der Waals surface area contributed by atoms with E-state index in [1.807, 2.05) is 4.90 Å². The second-order valence-electron chi connectivity index (χ2n) is 6.99. The predicted molar refractivity (Wildman–Crippen MR) is 101 cm³/mol. The van der Waals surface area contributed by atoms with Crippen molar-refractivity contribution in [2.24, 2.45) is 0 Å². The van der Waals surface area contributed by atoms with Gasteiger partial charge < -0.3 is 9.80 Å². The van der Waals surface area contributed by atoms with Gasteiger partial charge in [-0.2, -0.15) is 0 Å². The van der Waals surface area contributed by atoms with Gasteiger partial charge in [-0.1, -0.05) is 30.3 Å². The molecule has 0 N–H and O–H groups in total. The summed E-state index contributed by atoms with van der Waals surface area (Å²) < 4.78 is 0. The van der Waals surface area contributed by atoms with Crippen LogP contribution in [0.5, 0.6) is 0 Å². The number of carbonyl (C=O) groups excluding carboxylic acids is 1. The first-order valence-corrected chi connectivity index (χ1v) is 9.43. The fourth-order valence-corrected chi connectivity index (χ4v) is 3.65. The molecule has 2 fully saturated rings. The van der Waals surface area contributed by atoms with Gasteiger partial charge in [-0.3, -0.25) is 9.69 Å². The van der Waals surface area contributed by atoms with E-state index in [4.69, 9.17) is 0 Å². The first-order chi connectivity index (χ1) is 12.8. The van der Waals surface area contributed by atoms with E-state index in [1.54, 1.807) is 12.3 Å². The number of rotatable bonds is 4. The Kier molecular flexibility index (Phi) is 5.11. The Balaban J connectivity index is 1.37. The average Bonchev–Trinajstić information content (AvgIpc) is 3.24. The molecule has 0 spiro atoms. The van der Waals surface area contributed by atoms with Gasteiger partial charge in [0.15, 0.2) is 0 Å². The number of carbonyl (C=O) groups is 1. The largest absolute Gasteiger partial charge is 0.338 e. The molecule has 0 unspecified atom stereocenters. The molecular formula is C20H25N5O. The third-order valence-electron chi connectivity index (χ3n) is 5.16. The first kappa shape index (κ1) is 17.0. The smallest absolute Gasteiger partial charge is 0.272 e. The van der Waals surface area contributed by atoms with Crippen LogP contribution in [0.15, 0.2) is 42.6 Å². The molecule has 136 valence electrons. The Labute approximate surface area is 154 Å². The van der Waals surface area contributed by atoms with Crippen molar-refractivity contribution < 1.29 is 4.79 Å². The van der Waals surface area contributed by atoms with E-state index >= 15 is 0 Å². The Hall–Kier alpha value is -2.47. The van der Waals surface area contributed by atoms with Crippen LogP contribution in [-0.4, -0.2) is 64.9 Å². The molecule has 4 rings (SSSR count). The van der Waals surface area contributed by atoms with Crippen LogP contribution in [0.25, 0.3) is 0 Å². The van der Waals surface area contributed by atoms with Crippen LogP contribution in [-0.2, 0) is 6.54 Å². The van der Waals surface area contributed by atoms with Gasteiger partial charge >= 0.3 is 0 Å². The number of aromatic nitrogens is 2. The SMILES string of the molecule is O=C(c1ccnc(N2CCN(Cc3ccccc3)CC2)n1)N1CCCC1. The minimum absolute atomic E-state index is 0.0360. The number of piperazine rings is 1. The molecule has 2 aliphatic rings. The van der Waals surface area contributed by atoms with E-state index in [0.717, 1.165) is 58.7 Å². The minimum atomic E-state index is 0.0360. The minimum Gasteiger partial charge on any atom is -0.338 e. The second-order valence-corrected chi connectivity index (χ2v) is 6.99. The summed E-state index contributed by atoms with van der Waals surface area (Å²) in [5, 5.41) is 0. The lowest BCUT2D eigenvalue weighted by atomic mass is 10.2. The molecule has 0 radical (unpaired) electrons. The Morgan fingerprint density at radius 1 is 0.923 bits per heavy atom. The number of anilines is 1. The van der Waals surface area contributed by atoms with Crippen LogP contribution in [0.2, 0.25) is 0 Å². The molecule has 1 amide bonds. The number of nitrogens with zero attached hydrogens (tertiary/aromatic N) is 5. The summed E-state index contributed by atoms with van der Waals surface area (Å²) in [7, 11) is 0. The molecule has 0 aliphatic carbocycles. The maximum atomic E-state index is 12.5. The van der Waals surface area contributed by atoms with E-state index in [1.165, 1.54) is 5.56 Å². The molecule has 6 nitrogen and oxygen atoms in total. The molecule has 2 saturated heterocycles. The zero-order valence-electron chi connectivity index (χ0n) is 15.0. The highest BCUT2D eigenvalue weighted by Crippen LogP contribution is 2.16. The summed E-state index contributed by atoms with van der Waals surface area (Å²) in [6, 6.07) is 12.3. The molecule has 6 heteroatoms. The van der Waals surface area contributed by atoms with Gasteiger partial charge in [0.05, 0.1) is 0 Å². The van der Waals surface area contributed by atoms with Gasteiger partial charge in [-0.05, 0) is 24.5 Å². The molecule has 1 aromatic heterocycles. The number of benzene rings is 1. The summed E-state index contributed by atoms with van der Waals surface area (Å²) in [5.41, 5.74) is 1.86. The monoisotopic (exact) mass is 351 g/mol. The molecular weight excluding hydrogens is 326 g/mol. The van der Waals surface area contributed by atoms with Crippen LogP contribution < -0.4 is 4.90 Å². The van der Waals surface area contributed by atoms with Crippen molar-refractivity contribution in [2.45, 2.75) is 19.4 Å². The Morgan fingerprint density at radius 2 is 1.65 bits per heavy atom. The highest BCUT2D eigenvalue weighted by Gasteiger charge is 2.23. The average molecular weight is 351 g/mol. The fourth-order valence-electron chi connectivity index (χ4n) is 3.65. The van der Waals surface area contributed by atoms with Gasteiger partial charge in [0, 0.05) is 52.0 Å². The van der Waals surface area contributed by atoms with E-state index < -0.39 is 0 Å². The van der Waals surface area contributed by atoms with E-state index in [-0.39, 0.29) is 5.91 Å². The highest BCUT2D eigenvalue weighted by atomic mass is 16.2. The third-order valence-corrected chi connectivity index (χ3v) is 5.16. The second kappa shape index (κ2) is 7.83. The van der Waals surface area contributed by atoms with Crippen molar-refractivity contribution in [3.8, 4) is 0 Å². The van der Waals surface area contributed by atoms with Gasteiger partial charge in [0.25, 0.3) is 5.91 Å². The standard InChI is InChI=1S/C20H25N5O/c26-19(24-10-4-5-11-24)18-8-9-21-20(22-18)25-14-12-23(13-15-25)16-17-6-2-1-3-7-17/h1-3,6-9H,4-5,10-16H2. The molecule has 26 heavy (non-hydrogen) atoms. The first-order valence-electron chi connectivity index (χ1n) is 9.43. The van der Waals surface area contributed by atoms with Crippen molar-refractivity contribution in [3.63, 3.8) is 0 Å². The summed E-state index contributed by atoms with van der Waals surface area (Å²) in [6.45, 7) is 6.38. The Morgan fingerprint density at radius 3 is 2.38 bits per heavy atom. The summed E-state index contributed by atoms with van der Waals surface area (Å²) in [4.78, 5) is 28.0. The lowest BCUT2D eigenvalue weighted by molar-refractivity contribution is 0.0787. The zero-order valence-corrected chi connectivity index (χ0v) is 15.0. The fraction of sp³-hybridized carbons (Fsp3) is 0.450. The molecule has 2 aromatic rings. The van der Waals surface area contributed by atoms with Gasteiger partial charge in [-0.25, -0.2) is 9.97 Å². The third kappa shape index (κ3) is 3.85. The maximum Gasteiger partial charge on any atom is 0.272 e. The molecule has 2 aliphatic heterocycles. The van der Waals surface area contributed by atoms with Crippen LogP contribution in [0.1, 0.15) is 28.9 Å². The van der Waals surface area contributed by atoms with Gasteiger partial charge in [0.2, 0.25) is 5.95 Å². The lowest BCUT2D eigenvalue weighted by Crippen LogP contribution is -2.46. The maximum absolute atomic E-state index is 12.5. The predicted octanol–water partition coefficient (Wildman–Crippen LogP) is 2.03. The summed E-state index contributed by atoms with van der Waals surface area (Å²) in [6.07, 6.45) is 3.89. The van der Waals surface area contributed by atoms with E-state index in [0.29, 0.717) is 11.6 Å². The normalized spacial score (nSPS) is 18.3. The number of likely N-dealkylation sites (tertiary alicyclic amines) is 1. The molecule has 0 atom stereocenters. The van der Waals surface area contributed by atoms with Crippen LogP contribution in [0.4, 0.5) is 5.95 Å². The molecule has 3 heterocycles. The van der Waals surface area contributed by atoms with Crippen LogP contribution in [0, 0.1) is 0 Å². The number of hydrogen-bond donors (Lipinski definition) is 0. The Bertz CT molecular complexity index is 737. The highest BCUT2D eigenvalue weighted by molar-refractivity contribution is 5.92.